The highest BCUT2D eigenvalue weighted by Gasteiger charge is 2.26. The van der Waals surface area contributed by atoms with E-state index in [1.54, 1.807) is 26.4 Å². The van der Waals surface area contributed by atoms with Crippen molar-refractivity contribution in [3.63, 3.8) is 0 Å². The third-order valence-electron chi connectivity index (χ3n) is 4.60. The van der Waals surface area contributed by atoms with Gasteiger partial charge in [0.2, 0.25) is 5.69 Å². The van der Waals surface area contributed by atoms with Gasteiger partial charge in [-0.15, -0.1) is 12.4 Å². The van der Waals surface area contributed by atoms with Crippen molar-refractivity contribution in [1.29, 1.82) is 0 Å². The number of pyridine rings is 1. The van der Waals surface area contributed by atoms with Crippen LogP contribution in [0.4, 0.5) is 0 Å². The van der Waals surface area contributed by atoms with E-state index in [0.717, 1.165) is 40.6 Å². The number of hydrogen-bond donors (Lipinski definition) is 2. The van der Waals surface area contributed by atoms with Crippen molar-refractivity contribution >= 4 is 23.2 Å². The second-order valence-corrected chi connectivity index (χ2v) is 5.90. The molecule has 1 aromatic heterocycles. The predicted octanol–water partition coefficient (Wildman–Crippen LogP) is 3.20. The summed E-state index contributed by atoms with van der Waals surface area (Å²) >= 11 is 0. The number of nitrogens with zero attached hydrogens (tertiary/aromatic N) is 1. The normalized spacial score (nSPS) is 12.1. The number of ether oxygens (including phenoxy) is 2. The summed E-state index contributed by atoms with van der Waals surface area (Å²) in [6.45, 7) is 0.794. The molecule has 25 heavy (non-hydrogen) atoms. The Morgan fingerprint density at radius 1 is 1.00 bits per heavy atom. The molecule has 0 unspecified atom stereocenters. The number of aryl methyl sites for hydroxylation is 2. The van der Waals surface area contributed by atoms with E-state index in [4.69, 9.17) is 9.47 Å². The van der Waals surface area contributed by atoms with Gasteiger partial charge in [-0.2, -0.15) is 4.57 Å². The first kappa shape index (κ1) is 17.2. The average Bonchev–Trinajstić information content (AvgIpc) is 2.60. The van der Waals surface area contributed by atoms with Crippen LogP contribution in [0.2, 0.25) is 0 Å². The van der Waals surface area contributed by atoms with Gasteiger partial charge in [0, 0.05) is 12.5 Å². The molecule has 130 valence electrons. The largest absolute Gasteiger partial charge is 0.504 e. The quantitative estimate of drug-likeness (QED) is 0.544. The topological polar surface area (TPSA) is 62.8 Å². The molecule has 0 radical (unpaired) electrons. The van der Waals surface area contributed by atoms with E-state index in [0.29, 0.717) is 11.5 Å². The third-order valence-corrected chi connectivity index (χ3v) is 4.60. The SMILES string of the molecule is COc1ccc2cc3[n+](cc2c1OC)CCc1cc(O)c(O)cc1-3.Cl. The van der Waals surface area contributed by atoms with Crippen molar-refractivity contribution in [3.8, 4) is 34.3 Å². The number of rotatable bonds is 2. The van der Waals surface area contributed by atoms with Crippen molar-refractivity contribution < 1.29 is 24.3 Å². The predicted molar refractivity (Wildman–Crippen MR) is 97.0 cm³/mol. The van der Waals surface area contributed by atoms with Crippen LogP contribution in [-0.2, 0) is 13.0 Å². The first-order chi connectivity index (χ1) is 11.6. The fourth-order valence-corrected chi connectivity index (χ4v) is 3.40. The number of methoxy groups -OCH3 is 2. The Morgan fingerprint density at radius 2 is 1.76 bits per heavy atom. The van der Waals surface area contributed by atoms with Gasteiger partial charge in [0.15, 0.2) is 35.7 Å². The van der Waals surface area contributed by atoms with Crippen LogP contribution in [0.3, 0.4) is 0 Å². The van der Waals surface area contributed by atoms with Gasteiger partial charge in [0.1, 0.15) is 0 Å². The number of aromatic hydroxyl groups is 2. The summed E-state index contributed by atoms with van der Waals surface area (Å²) in [5.41, 5.74) is 2.98. The molecule has 2 N–H and O–H groups in total. The lowest BCUT2D eigenvalue weighted by molar-refractivity contribution is -0.686. The van der Waals surface area contributed by atoms with Crippen LogP contribution in [0, 0.1) is 0 Å². The van der Waals surface area contributed by atoms with Crippen molar-refractivity contribution in [2.45, 2.75) is 13.0 Å². The van der Waals surface area contributed by atoms with Crippen molar-refractivity contribution in [3.05, 3.63) is 42.1 Å². The second-order valence-electron chi connectivity index (χ2n) is 5.90. The molecule has 0 saturated heterocycles. The Kier molecular flexibility index (Phi) is 4.35. The summed E-state index contributed by atoms with van der Waals surface area (Å²) in [6, 6.07) is 9.23. The Bertz CT molecular complexity index is 972. The zero-order valence-electron chi connectivity index (χ0n) is 13.9. The zero-order valence-corrected chi connectivity index (χ0v) is 14.8. The Hall–Kier alpha value is -2.66. The number of hydrogen-bond acceptors (Lipinski definition) is 4. The van der Waals surface area contributed by atoms with Crippen LogP contribution >= 0.6 is 12.4 Å². The molecule has 0 spiro atoms. The summed E-state index contributed by atoms with van der Waals surface area (Å²) in [4.78, 5) is 0. The number of phenols is 2. The molecule has 4 rings (SSSR count). The van der Waals surface area contributed by atoms with Crippen LogP contribution in [0.15, 0.2) is 36.5 Å². The van der Waals surface area contributed by atoms with E-state index in [1.165, 1.54) is 0 Å². The number of halogens is 1. The lowest BCUT2D eigenvalue weighted by atomic mass is 9.95. The number of aromatic nitrogens is 1. The summed E-state index contributed by atoms with van der Waals surface area (Å²) in [6.07, 6.45) is 2.84. The van der Waals surface area contributed by atoms with Gasteiger partial charge in [0.25, 0.3) is 0 Å². The molecule has 6 heteroatoms. The Labute approximate surface area is 151 Å². The molecule has 0 amide bonds. The van der Waals surface area contributed by atoms with Crippen molar-refractivity contribution in [2.24, 2.45) is 0 Å². The van der Waals surface area contributed by atoms with E-state index < -0.39 is 0 Å². The maximum Gasteiger partial charge on any atom is 0.213 e. The van der Waals surface area contributed by atoms with Gasteiger partial charge in [-0.25, -0.2) is 0 Å². The molecule has 0 bridgehead atoms. The molecule has 0 aliphatic carbocycles. The lowest BCUT2D eigenvalue weighted by Crippen LogP contribution is -2.40. The molecule has 3 aromatic rings. The fraction of sp³-hybridized carbons (Fsp3) is 0.211. The van der Waals surface area contributed by atoms with Crippen LogP contribution in [0.1, 0.15) is 5.56 Å². The van der Waals surface area contributed by atoms with E-state index in [1.807, 2.05) is 12.1 Å². The van der Waals surface area contributed by atoms with Crippen molar-refractivity contribution in [2.75, 3.05) is 14.2 Å². The third kappa shape index (κ3) is 2.61. The maximum atomic E-state index is 9.87. The van der Waals surface area contributed by atoms with Gasteiger partial charge in [-0.1, -0.05) is 0 Å². The van der Waals surface area contributed by atoms with E-state index in [-0.39, 0.29) is 23.9 Å². The Balaban J connectivity index is 0.00000182. The monoisotopic (exact) mass is 360 g/mol. The standard InChI is InChI=1S/C19H17NO4.ClH/c1-23-18-4-3-11-7-15-13-9-17(22)16(21)8-12(13)5-6-20(15)10-14(11)19(18)24-2;/h3-4,7-10,22H,5-6H2,1-2H3;1H/p+1. The average molecular weight is 361 g/mol. The number of benzene rings is 2. The molecule has 2 aromatic carbocycles. The van der Waals surface area contributed by atoms with Crippen LogP contribution in [0.25, 0.3) is 22.0 Å². The van der Waals surface area contributed by atoms with Crippen LogP contribution in [0.5, 0.6) is 23.0 Å². The number of phenolic OH excluding ortho intramolecular Hbond substituents is 2. The van der Waals surface area contributed by atoms with Gasteiger partial charge >= 0.3 is 0 Å². The molecule has 2 heterocycles. The van der Waals surface area contributed by atoms with E-state index in [2.05, 4.69) is 16.8 Å². The molecule has 1 aliphatic heterocycles. The van der Waals surface area contributed by atoms with Crippen LogP contribution < -0.4 is 14.0 Å². The molecule has 0 atom stereocenters. The number of fused-ring (bicyclic) bond motifs is 4. The minimum Gasteiger partial charge on any atom is -0.504 e. The highest BCUT2D eigenvalue weighted by molar-refractivity contribution is 5.91. The summed E-state index contributed by atoms with van der Waals surface area (Å²) < 4.78 is 13.1. The molecule has 0 saturated carbocycles. The van der Waals surface area contributed by atoms with Crippen molar-refractivity contribution in [1.82, 2.24) is 0 Å². The minimum atomic E-state index is -0.102. The maximum absolute atomic E-state index is 9.87. The van der Waals surface area contributed by atoms with Gasteiger partial charge in [-0.05, 0) is 35.2 Å². The first-order valence-corrected chi connectivity index (χ1v) is 7.75. The summed E-state index contributed by atoms with van der Waals surface area (Å²) in [5, 5.41) is 21.6. The molecule has 5 nitrogen and oxygen atoms in total. The highest BCUT2D eigenvalue weighted by Crippen LogP contribution is 2.39. The first-order valence-electron chi connectivity index (χ1n) is 7.75. The summed E-state index contributed by atoms with van der Waals surface area (Å²) in [5.74, 6) is 1.23. The Morgan fingerprint density at radius 3 is 2.48 bits per heavy atom. The lowest BCUT2D eigenvalue weighted by Gasteiger charge is -2.17. The smallest absolute Gasteiger partial charge is 0.213 e. The van der Waals surface area contributed by atoms with E-state index >= 15 is 0 Å². The zero-order chi connectivity index (χ0) is 16.8. The highest BCUT2D eigenvalue weighted by atomic mass is 35.5. The van der Waals surface area contributed by atoms with E-state index in [9.17, 15) is 10.2 Å². The molecular weight excluding hydrogens is 342 g/mol. The van der Waals surface area contributed by atoms with Gasteiger partial charge < -0.3 is 19.7 Å². The minimum absolute atomic E-state index is 0. The molecule has 1 aliphatic rings. The summed E-state index contributed by atoms with van der Waals surface area (Å²) in [7, 11) is 3.26. The molecule has 0 fully saturated rings. The van der Waals surface area contributed by atoms with Crippen LogP contribution in [-0.4, -0.2) is 24.4 Å². The van der Waals surface area contributed by atoms with Gasteiger partial charge in [-0.3, -0.25) is 0 Å². The second kappa shape index (κ2) is 6.33. The molecular formula is C19H19ClNO4+. The van der Waals surface area contributed by atoms with Gasteiger partial charge in [0.05, 0.1) is 25.2 Å². The fourth-order valence-electron chi connectivity index (χ4n) is 3.40.